The number of hydrogen-bond donors (Lipinski definition) is 1. The van der Waals surface area contributed by atoms with Gasteiger partial charge in [0.05, 0.1) is 12.0 Å². The first-order valence-corrected chi connectivity index (χ1v) is 17.0. The van der Waals surface area contributed by atoms with E-state index in [4.69, 9.17) is 45.3 Å². The van der Waals surface area contributed by atoms with Crippen molar-refractivity contribution in [3.63, 3.8) is 0 Å². The molecule has 2 bridgehead atoms. The van der Waals surface area contributed by atoms with Gasteiger partial charge in [0, 0.05) is 24.2 Å². The van der Waals surface area contributed by atoms with E-state index in [-0.39, 0.29) is 36.8 Å². The van der Waals surface area contributed by atoms with Crippen molar-refractivity contribution in [1.82, 2.24) is 10.2 Å². The van der Waals surface area contributed by atoms with Crippen LogP contribution in [0, 0.1) is 11.8 Å². The minimum Gasteiger partial charge on any atom is -0.493 e. The molecule has 2 amide bonds. The molecule has 1 aromatic heterocycles. The number of aryl methyl sites for hydroxylation is 1. The van der Waals surface area contributed by atoms with E-state index in [1.165, 1.54) is 36.6 Å². The summed E-state index contributed by atoms with van der Waals surface area (Å²) in [5.41, 5.74) is 2.07. The Balaban J connectivity index is 0.000000841. The number of thiocarbonyl (C=S) groups is 1. The van der Waals surface area contributed by atoms with Crippen LogP contribution in [0.1, 0.15) is 49.8 Å². The largest absolute Gasteiger partial charge is 0.493 e. The summed E-state index contributed by atoms with van der Waals surface area (Å²) in [6, 6.07) is 19.7. The van der Waals surface area contributed by atoms with Gasteiger partial charge >= 0.3 is 12.3 Å². The molecule has 2 aliphatic carbocycles. The summed E-state index contributed by atoms with van der Waals surface area (Å²) in [5.74, 6) is 3.27. The van der Waals surface area contributed by atoms with Gasteiger partial charge in [-0.05, 0) is 86.3 Å². The Morgan fingerprint density at radius 2 is 1.78 bits per heavy atom. The van der Waals surface area contributed by atoms with Gasteiger partial charge < -0.3 is 19.2 Å². The SMILES string of the molecule is COc1ccc(-c2ccc(/C=C3\SC(=S)N(C4CC5CCC4C5)C3=O)o2)cc1OCC(=O)NCCCCc1ccccc1.O=C=O.O=C=O. The fourth-order valence-corrected chi connectivity index (χ4v) is 7.82. The quantitative estimate of drug-likeness (QED) is 0.141. The number of unbranched alkanes of at least 4 members (excludes halogenated alkanes) is 1. The summed E-state index contributed by atoms with van der Waals surface area (Å²) in [6.07, 6.45) is 9.92. The number of ether oxygens (including phenoxy) is 2. The van der Waals surface area contributed by atoms with E-state index < -0.39 is 0 Å². The van der Waals surface area contributed by atoms with Crippen LogP contribution >= 0.6 is 24.0 Å². The summed E-state index contributed by atoms with van der Waals surface area (Å²) < 4.78 is 18.1. The van der Waals surface area contributed by atoms with Crippen molar-refractivity contribution in [3.8, 4) is 22.8 Å². The lowest BCUT2D eigenvalue weighted by atomic mass is 9.94. The predicted octanol–water partition coefficient (Wildman–Crippen LogP) is 5.70. The fraction of sp³-hybridized carbons (Fsp3) is 0.361. The molecule has 1 aliphatic heterocycles. The molecular formula is C36H36N2O9S2. The molecule has 3 atom stereocenters. The van der Waals surface area contributed by atoms with Crippen LogP contribution in [0.25, 0.3) is 17.4 Å². The molecule has 2 aromatic carbocycles. The molecule has 13 heteroatoms. The lowest BCUT2D eigenvalue weighted by Gasteiger charge is -2.30. The molecule has 3 aromatic rings. The molecule has 2 heterocycles. The van der Waals surface area contributed by atoms with Crippen LogP contribution in [0.5, 0.6) is 11.5 Å². The maximum absolute atomic E-state index is 13.3. The fourth-order valence-electron chi connectivity index (χ4n) is 6.47. The Hall–Kier alpha value is -4.80. The molecule has 256 valence electrons. The third-order valence-corrected chi connectivity index (χ3v) is 9.95. The number of carbonyl (C=O) groups excluding carboxylic acids is 6. The van der Waals surface area contributed by atoms with Crippen molar-refractivity contribution in [2.45, 2.75) is 51.0 Å². The van der Waals surface area contributed by atoms with Crippen LogP contribution in [0.3, 0.4) is 0 Å². The maximum atomic E-state index is 13.3. The number of amides is 2. The first-order valence-electron chi connectivity index (χ1n) is 15.8. The zero-order valence-corrected chi connectivity index (χ0v) is 28.5. The minimum atomic E-state index is -0.185. The molecule has 11 nitrogen and oxygen atoms in total. The van der Waals surface area contributed by atoms with E-state index in [0.29, 0.717) is 44.7 Å². The van der Waals surface area contributed by atoms with Crippen LogP contribution in [-0.2, 0) is 35.2 Å². The number of benzene rings is 2. The van der Waals surface area contributed by atoms with Crippen molar-refractivity contribution < 1.29 is 42.7 Å². The van der Waals surface area contributed by atoms with Gasteiger partial charge in [0.1, 0.15) is 15.8 Å². The Bertz CT molecular complexity index is 1700. The normalized spacial score (nSPS) is 19.7. The first kappa shape index (κ1) is 37.0. The zero-order chi connectivity index (χ0) is 35.2. The summed E-state index contributed by atoms with van der Waals surface area (Å²) in [6.45, 7) is 0.480. The van der Waals surface area contributed by atoms with E-state index >= 15 is 0 Å². The molecule has 0 spiro atoms. The van der Waals surface area contributed by atoms with Gasteiger partial charge in [-0.1, -0.05) is 60.7 Å². The molecule has 3 unspecified atom stereocenters. The molecular weight excluding hydrogens is 669 g/mol. The van der Waals surface area contributed by atoms with Gasteiger partial charge in [-0.25, -0.2) is 0 Å². The van der Waals surface area contributed by atoms with Gasteiger partial charge in [-0.3, -0.25) is 14.5 Å². The van der Waals surface area contributed by atoms with E-state index in [9.17, 15) is 9.59 Å². The van der Waals surface area contributed by atoms with E-state index in [0.717, 1.165) is 37.2 Å². The molecule has 49 heavy (non-hydrogen) atoms. The third kappa shape index (κ3) is 10.1. The highest BCUT2D eigenvalue weighted by atomic mass is 32.2. The van der Waals surface area contributed by atoms with Gasteiger partial charge in [0.2, 0.25) is 0 Å². The van der Waals surface area contributed by atoms with Crippen LogP contribution in [0.15, 0.2) is 70.0 Å². The van der Waals surface area contributed by atoms with Crippen LogP contribution in [0.4, 0.5) is 0 Å². The second-order valence-electron chi connectivity index (χ2n) is 11.6. The lowest BCUT2D eigenvalue weighted by molar-refractivity contribution is -0.193. The van der Waals surface area contributed by atoms with E-state index in [2.05, 4.69) is 17.4 Å². The van der Waals surface area contributed by atoms with Gasteiger partial charge in [0.15, 0.2) is 18.1 Å². The van der Waals surface area contributed by atoms with E-state index in [1.807, 2.05) is 41.3 Å². The topological polar surface area (TPSA) is 149 Å². The lowest BCUT2D eigenvalue weighted by Crippen LogP contribution is -2.41. The number of hydrogen-bond acceptors (Lipinski definition) is 11. The van der Waals surface area contributed by atoms with Crippen molar-refractivity contribution in [1.29, 1.82) is 0 Å². The number of thioether (sulfide) groups is 1. The smallest absolute Gasteiger partial charge is 0.373 e. The van der Waals surface area contributed by atoms with Gasteiger partial charge in [0.25, 0.3) is 11.8 Å². The number of nitrogens with one attached hydrogen (secondary N) is 1. The second kappa shape index (κ2) is 18.7. The summed E-state index contributed by atoms with van der Waals surface area (Å²) >= 11 is 6.98. The standard InChI is InChI=1S/C34H36N2O5S2.2CO2/c1-39-29-14-12-25(19-30(29)40-21-32(37)35-16-6-5-9-22-7-3-2-4-8-22)28-15-13-26(41-28)20-31-33(38)36(34(42)43-31)27-18-23-10-11-24(27)17-23;2*2-1-3/h2-4,7-8,12-15,19-20,23-24,27H,5-6,9-11,16-18,21H2,1H3,(H,35,37);;/b31-20-;;. The zero-order valence-electron chi connectivity index (χ0n) is 26.9. The van der Waals surface area contributed by atoms with Gasteiger partial charge in [-0.2, -0.15) is 19.2 Å². The van der Waals surface area contributed by atoms with Crippen molar-refractivity contribution in [3.05, 3.63) is 76.9 Å². The highest BCUT2D eigenvalue weighted by molar-refractivity contribution is 8.26. The third-order valence-electron chi connectivity index (χ3n) is 8.62. The van der Waals surface area contributed by atoms with Crippen molar-refractivity contribution in [2.75, 3.05) is 20.3 Å². The number of furan rings is 1. The minimum absolute atomic E-state index is 0.0138. The molecule has 2 saturated carbocycles. The molecule has 3 fully saturated rings. The molecule has 0 radical (unpaired) electrons. The molecule has 3 aliphatic rings. The Morgan fingerprint density at radius 1 is 1.02 bits per heavy atom. The highest BCUT2D eigenvalue weighted by Crippen LogP contribution is 2.49. The monoisotopic (exact) mass is 704 g/mol. The number of fused-ring (bicyclic) bond motifs is 2. The highest BCUT2D eigenvalue weighted by Gasteiger charge is 2.48. The average molecular weight is 705 g/mol. The summed E-state index contributed by atoms with van der Waals surface area (Å²) in [7, 11) is 1.56. The maximum Gasteiger partial charge on any atom is 0.373 e. The Kier molecular flexibility index (Phi) is 14.1. The molecule has 1 saturated heterocycles. The first-order chi connectivity index (χ1) is 23.8. The Labute approximate surface area is 293 Å². The molecule has 1 N–H and O–H groups in total. The summed E-state index contributed by atoms with van der Waals surface area (Å²) in [4.78, 5) is 60.7. The molecule has 6 rings (SSSR count). The van der Waals surface area contributed by atoms with Crippen molar-refractivity contribution >= 4 is 58.5 Å². The number of rotatable bonds is 12. The van der Waals surface area contributed by atoms with Crippen molar-refractivity contribution in [2.24, 2.45) is 11.8 Å². The Morgan fingerprint density at radius 3 is 2.45 bits per heavy atom. The van der Waals surface area contributed by atoms with Crippen LogP contribution in [-0.4, -0.2) is 59.6 Å². The van der Waals surface area contributed by atoms with Crippen LogP contribution in [0.2, 0.25) is 0 Å². The van der Waals surface area contributed by atoms with Crippen LogP contribution < -0.4 is 14.8 Å². The summed E-state index contributed by atoms with van der Waals surface area (Å²) in [5, 5.41) is 2.92. The van der Waals surface area contributed by atoms with E-state index in [1.54, 1.807) is 25.3 Å². The van der Waals surface area contributed by atoms with Gasteiger partial charge in [-0.15, -0.1) is 0 Å². The predicted molar refractivity (Wildman–Crippen MR) is 183 cm³/mol. The second-order valence-corrected chi connectivity index (χ2v) is 13.3. The number of methoxy groups -OCH3 is 1. The number of nitrogens with zero attached hydrogens (tertiary/aromatic N) is 1. The average Bonchev–Trinajstić information content (AvgIpc) is 3.90. The number of carbonyl (C=O) groups is 2.